The van der Waals surface area contributed by atoms with Crippen LogP contribution in [-0.2, 0) is 6.54 Å². The number of hydrogen-bond acceptors (Lipinski definition) is 2. The van der Waals surface area contributed by atoms with Crippen LogP contribution in [-0.4, -0.2) is 11.1 Å². The molecule has 0 unspecified atom stereocenters. The van der Waals surface area contributed by atoms with E-state index in [4.69, 9.17) is 28.3 Å². The molecule has 2 rings (SSSR count). The van der Waals surface area contributed by atoms with Gasteiger partial charge in [0.15, 0.2) is 0 Å². The fourth-order valence-corrected chi connectivity index (χ4v) is 2.54. The number of nitrogens with one attached hydrogen (secondary N) is 1. The molecule has 20 heavy (non-hydrogen) atoms. The van der Waals surface area contributed by atoms with Crippen LogP contribution < -0.4 is 5.32 Å². The van der Waals surface area contributed by atoms with Gasteiger partial charge in [0.2, 0.25) is 0 Å². The summed E-state index contributed by atoms with van der Waals surface area (Å²) in [5.41, 5.74) is 1.89. The lowest BCUT2D eigenvalue weighted by Crippen LogP contribution is -2.03. The minimum atomic E-state index is -0.955. The highest BCUT2D eigenvalue weighted by molar-refractivity contribution is 9.10. The smallest absolute Gasteiger partial charge is 0.335 e. The van der Waals surface area contributed by atoms with Crippen LogP contribution >= 0.6 is 39.1 Å². The van der Waals surface area contributed by atoms with Crippen molar-refractivity contribution in [1.29, 1.82) is 0 Å². The van der Waals surface area contributed by atoms with Crippen molar-refractivity contribution in [2.75, 3.05) is 5.32 Å². The summed E-state index contributed by atoms with van der Waals surface area (Å²) in [5, 5.41) is 13.0. The highest BCUT2D eigenvalue weighted by Gasteiger charge is 2.08. The van der Waals surface area contributed by atoms with Gasteiger partial charge in [-0.15, -0.1) is 0 Å². The molecule has 2 aromatic rings. The van der Waals surface area contributed by atoms with Gasteiger partial charge in [0.1, 0.15) is 0 Å². The third kappa shape index (κ3) is 3.45. The number of benzene rings is 2. The third-order valence-corrected chi connectivity index (χ3v) is 4.28. The summed E-state index contributed by atoms with van der Waals surface area (Å²) in [6.45, 7) is 0.501. The lowest BCUT2D eigenvalue weighted by molar-refractivity contribution is 0.0697. The first-order chi connectivity index (χ1) is 9.49. The van der Waals surface area contributed by atoms with E-state index in [9.17, 15) is 4.79 Å². The summed E-state index contributed by atoms with van der Waals surface area (Å²) in [6, 6.07) is 10.2. The van der Waals surface area contributed by atoms with E-state index in [1.165, 1.54) is 0 Å². The van der Waals surface area contributed by atoms with Crippen LogP contribution in [0.4, 0.5) is 5.69 Å². The fraction of sp³-hybridized carbons (Fsp3) is 0.0714. The van der Waals surface area contributed by atoms with Crippen LogP contribution in [0.5, 0.6) is 0 Å². The minimum absolute atomic E-state index is 0.237. The first-order valence-electron chi connectivity index (χ1n) is 5.68. The highest BCUT2D eigenvalue weighted by Crippen LogP contribution is 2.30. The fourth-order valence-electron chi connectivity index (χ4n) is 1.65. The number of carboxylic acid groups (broad SMARTS) is 1. The highest BCUT2D eigenvalue weighted by atomic mass is 79.9. The van der Waals surface area contributed by atoms with E-state index in [0.29, 0.717) is 16.6 Å². The number of carbonyl (C=O) groups is 1. The van der Waals surface area contributed by atoms with Gasteiger partial charge in [-0.1, -0.05) is 51.3 Å². The molecule has 0 heterocycles. The summed E-state index contributed by atoms with van der Waals surface area (Å²) in [5.74, 6) is -0.955. The van der Waals surface area contributed by atoms with E-state index < -0.39 is 5.97 Å². The number of anilines is 1. The second kappa shape index (κ2) is 6.48. The van der Waals surface area contributed by atoms with Crippen molar-refractivity contribution in [3.8, 4) is 0 Å². The standard InChI is InChI=1S/C14H10BrCl2NO2/c15-10-6-8(14(19)20)4-5-9(10)7-18-12-3-1-2-11(16)13(12)17/h1-6,18H,7H2,(H,19,20). The topological polar surface area (TPSA) is 49.3 Å². The third-order valence-electron chi connectivity index (χ3n) is 2.72. The molecule has 0 aliphatic carbocycles. The molecule has 0 aliphatic rings. The molecule has 0 bridgehead atoms. The van der Waals surface area contributed by atoms with Gasteiger partial charge in [0.25, 0.3) is 0 Å². The zero-order chi connectivity index (χ0) is 14.7. The lowest BCUT2D eigenvalue weighted by atomic mass is 10.1. The van der Waals surface area contributed by atoms with Crippen LogP contribution in [0.1, 0.15) is 15.9 Å². The van der Waals surface area contributed by atoms with Crippen LogP contribution in [0.2, 0.25) is 10.0 Å². The molecule has 0 amide bonds. The normalized spacial score (nSPS) is 10.3. The van der Waals surface area contributed by atoms with E-state index in [1.54, 1.807) is 30.3 Å². The first kappa shape index (κ1) is 15.2. The Bertz CT molecular complexity index is 662. The Morgan fingerprint density at radius 1 is 1.25 bits per heavy atom. The molecular formula is C14H10BrCl2NO2. The molecule has 104 valence electrons. The molecule has 0 spiro atoms. The van der Waals surface area contributed by atoms with Gasteiger partial charge in [-0.2, -0.15) is 0 Å². The van der Waals surface area contributed by atoms with Crippen LogP contribution in [0.15, 0.2) is 40.9 Å². The molecule has 2 aromatic carbocycles. The second-order valence-corrected chi connectivity index (χ2v) is 5.71. The monoisotopic (exact) mass is 373 g/mol. The Morgan fingerprint density at radius 2 is 2.00 bits per heavy atom. The van der Waals surface area contributed by atoms with E-state index >= 15 is 0 Å². The van der Waals surface area contributed by atoms with E-state index in [2.05, 4.69) is 21.2 Å². The Kier molecular flexibility index (Phi) is 4.91. The van der Waals surface area contributed by atoms with Gasteiger partial charge in [-0.25, -0.2) is 4.79 Å². The number of rotatable bonds is 4. The van der Waals surface area contributed by atoms with Crippen molar-refractivity contribution >= 4 is 50.8 Å². The van der Waals surface area contributed by atoms with Crippen molar-refractivity contribution in [2.45, 2.75) is 6.54 Å². The second-order valence-electron chi connectivity index (χ2n) is 4.07. The van der Waals surface area contributed by atoms with Gasteiger partial charge in [0.05, 0.1) is 21.3 Å². The largest absolute Gasteiger partial charge is 0.478 e. The molecule has 2 N–H and O–H groups in total. The maximum atomic E-state index is 10.9. The predicted molar refractivity (Wildman–Crippen MR) is 84.9 cm³/mol. The molecule has 0 fully saturated rings. The number of carboxylic acids is 1. The van der Waals surface area contributed by atoms with Crippen LogP contribution in [0.3, 0.4) is 0 Å². The van der Waals surface area contributed by atoms with Crippen molar-refractivity contribution in [1.82, 2.24) is 0 Å². The molecule has 0 aromatic heterocycles. The Hall–Kier alpha value is -1.23. The lowest BCUT2D eigenvalue weighted by Gasteiger charge is -2.11. The molecule has 3 nitrogen and oxygen atoms in total. The van der Waals surface area contributed by atoms with E-state index in [0.717, 1.165) is 15.7 Å². The first-order valence-corrected chi connectivity index (χ1v) is 7.23. The van der Waals surface area contributed by atoms with Crippen molar-refractivity contribution in [2.24, 2.45) is 0 Å². The van der Waals surface area contributed by atoms with Crippen molar-refractivity contribution in [3.63, 3.8) is 0 Å². The van der Waals surface area contributed by atoms with Crippen LogP contribution in [0.25, 0.3) is 0 Å². The predicted octanol–water partition coefficient (Wildman–Crippen LogP) is 5.07. The number of hydrogen-bond donors (Lipinski definition) is 2. The van der Waals surface area contributed by atoms with E-state index in [-0.39, 0.29) is 5.56 Å². The zero-order valence-electron chi connectivity index (χ0n) is 10.2. The number of aromatic carboxylic acids is 1. The molecule has 0 aliphatic heterocycles. The van der Waals surface area contributed by atoms with Gasteiger partial charge >= 0.3 is 5.97 Å². The Labute approximate surface area is 134 Å². The summed E-state index contributed by atoms with van der Waals surface area (Å²) < 4.78 is 0.725. The molecule has 0 saturated carbocycles. The SMILES string of the molecule is O=C(O)c1ccc(CNc2cccc(Cl)c2Cl)c(Br)c1. The molecule has 6 heteroatoms. The quantitative estimate of drug-likeness (QED) is 0.785. The van der Waals surface area contributed by atoms with Gasteiger partial charge in [0, 0.05) is 11.0 Å². The van der Waals surface area contributed by atoms with Gasteiger partial charge in [-0.3, -0.25) is 0 Å². The Balaban J connectivity index is 2.15. The number of halogens is 3. The molecule has 0 radical (unpaired) electrons. The maximum Gasteiger partial charge on any atom is 0.335 e. The van der Waals surface area contributed by atoms with Gasteiger partial charge in [-0.05, 0) is 29.8 Å². The summed E-state index contributed by atoms with van der Waals surface area (Å²) in [4.78, 5) is 10.9. The van der Waals surface area contributed by atoms with Crippen molar-refractivity contribution < 1.29 is 9.90 Å². The summed E-state index contributed by atoms with van der Waals surface area (Å²) >= 11 is 15.4. The van der Waals surface area contributed by atoms with E-state index in [1.807, 2.05) is 6.07 Å². The zero-order valence-corrected chi connectivity index (χ0v) is 13.3. The molecule has 0 atom stereocenters. The Morgan fingerprint density at radius 3 is 2.65 bits per heavy atom. The molecular weight excluding hydrogens is 365 g/mol. The van der Waals surface area contributed by atoms with Crippen molar-refractivity contribution in [3.05, 3.63) is 62.0 Å². The average molecular weight is 375 g/mol. The van der Waals surface area contributed by atoms with Crippen LogP contribution in [0, 0.1) is 0 Å². The summed E-state index contributed by atoms with van der Waals surface area (Å²) in [6.07, 6.45) is 0. The average Bonchev–Trinajstić information content (AvgIpc) is 2.41. The minimum Gasteiger partial charge on any atom is -0.478 e. The van der Waals surface area contributed by atoms with Gasteiger partial charge < -0.3 is 10.4 Å². The summed E-state index contributed by atoms with van der Waals surface area (Å²) in [7, 11) is 0. The molecule has 0 saturated heterocycles. The maximum absolute atomic E-state index is 10.9.